The van der Waals surface area contributed by atoms with Gasteiger partial charge >= 0.3 is 17.4 Å². The second-order valence-corrected chi connectivity index (χ2v) is 40.2. The van der Waals surface area contributed by atoms with Crippen LogP contribution < -0.4 is 26.4 Å². The number of nitrogens with one attached hydrogen (secondary N) is 5. The van der Waals surface area contributed by atoms with Crippen LogP contribution >= 0.6 is 0 Å². The maximum absolute atomic E-state index is 12.0. The molecule has 43 heavy (non-hydrogen) atoms. The maximum atomic E-state index is 12.0. The molecule has 0 aromatic carbocycles. The van der Waals surface area contributed by atoms with Crippen LogP contribution in [0.5, 0.6) is 0 Å². The Labute approximate surface area is 268 Å². The predicted octanol–water partition coefficient (Wildman–Crippen LogP) is 5.03. The number of hydrogen-bond donors (Lipinski definition) is 5. The lowest BCUT2D eigenvalue weighted by Gasteiger charge is -2.48. The highest BCUT2D eigenvalue weighted by atomic mass is 28.5. The van der Waals surface area contributed by atoms with Gasteiger partial charge in [0.05, 0.1) is 0 Å². The van der Waals surface area contributed by atoms with Crippen LogP contribution in [0.4, 0.5) is 0 Å². The van der Waals surface area contributed by atoms with E-state index in [1.54, 1.807) is 13.8 Å². The molecule has 0 radical (unpaired) electrons. The summed E-state index contributed by atoms with van der Waals surface area (Å²) in [4.78, 5) is 24.0. The number of carbonyl (C=O) groups is 2. The lowest BCUT2D eigenvalue weighted by Crippen LogP contribution is -2.76. The van der Waals surface area contributed by atoms with E-state index in [4.69, 9.17) is 16.5 Å². The van der Waals surface area contributed by atoms with E-state index in [9.17, 15) is 9.59 Å². The fraction of sp³-hybridized carbons (Fsp3) is 0.769. The molecule has 0 atom stereocenters. The molecule has 0 aliphatic carbocycles. The van der Waals surface area contributed by atoms with Gasteiger partial charge < -0.3 is 16.5 Å². The van der Waals surface area contributed by atoms with Gasteiger partial charge in [-0.25, -0.2) is 10.9 Å². The molecule has 0 saturated heterocycles. The normalized spacial score (nSPS) is 13.5. The number of amides is 2. The third-order valence-electron chi connectivity index (χ3n) is 5.06. The Hall–Kier alpha value is -0.559. The van der Waals surface area contributed by atoms with Gasteiger partial charge in [-0.3, -0.25) is 25.1 Å². The van der Waals surface area contributed by atoms with Crippen LogP contribution in [-0.4, -0.2) is 75.6 Å². The van der Waals surface area contributed by atoms with E-state index < -0.39 is 50.7 Å². The van der Waals surface area contributed by atoms with Crippen molar-refractivity contribution in [2.45, 2.75) is 117 Å². The molecule has 0 spiro atoms. The molecular formula is C26H63N5O6Si6. The first-order valence-corrected chi connectivity index (χ1v) is 32.8. The first-order valence-electron chi connectivity index (χ1n) is 15.2. The van der Waals surface area contributed by atoms with E-state index in [1.165, 1.54) is 0 Å². The molecule has 0 aliphatic rings. The zero-order valence-electron chi connectivity index (χ0n) is 29.6. The van der Waals surface area contributed by atoms with E-state index in [0.29, 0.717) is 49.2 Å². The van der Waals surface area contributed by atoms with Crippen molar-refractivity contribution in [3.05, 3.63) is 24.3 Å². The minimum Gasteiger partial charge on any atom is -0.426 e. The topological polar surface area (TPSA) is 131 Å². The van der Waals surface area contributed by atoms with Gasteiger partial charge in [0.15, 0.2) is 33.3 Å². The van der Waals surface area contributed by atoms with Gasteiger partial charge in [0.1, 0.15) is 0 Å². The zero-order valence-corrected chi connectivity index (χ0v) is 35.6. The second-order valence-electron chi connectivity index (χ2n) is 15.0. The Morgan fingerprint density at radius 3 is 1.00 bits per heavy atom. The molecular weight excluding hydrogens is 647 g/mol. The second kappa shape index (κ2) is 17.4. The lowest BCUT2D eigenvalue weighted by atomic mass is 10.3. The maximum Gasteiger partial charge on any atom is 0.401 e. The molecule has 252 valence electrons. The highest BCUT2D eigenvalue weighted by Crippen LogP contribution is 2.30. The van der Waals surface area contributed by atoms with Crippen LogP contribution in [0.25, 0.3) is 0 Å². The summed E-state index contributed by atoms with van der Waals surface area (Å²) in [6.07, 6.45) is 1.42. The first kappa shape index (κ1) is 42.4. The third kappa shape index (κ3) is 21.0. The van der Waals surface area contributed by atoms with Crippen molar-refractivity contribution in [2.24, 2.45) is 0 Å². The van der Waals surface area contributed by atoms with Crippen molar-refractivity contribution in [3.8, 4) is 0 Å². The lowest BCUT2D eigenvalue weighted by molar-refractivity contribution is -0.119. The van der Waals surface area contributed by atoms with E-state index in [1.807, 2.05) is 0 Å². The quantitative estimate of drug-likeness (QED) is 0.0455. The fourth-order valence-corrected chi connectivity index (χ4v) is 29.9. The van der Waals surface area contributed by atoms with E-state index in [0.717, 1.165) is 0 Å². The standard InChI is InChI=1S/C26H63N5O6Si6/c1-23(2)25(32)29-27-19-17-21-42(34-38(5,6)7,35-39(8,9)10)31-43(36-40(11,12)13,37-41(14,15)16)22-18-20-28-30-26(33)24(3)4/h27-28,31H,1,3,17-22H2,2,4-16H3,(H,29,32)(H,30,33). The molecule has 0 rings (SSSR count). The molecule has 11 nitrogen and oxygen atoms in total. The van der Waals surface area contributed by atoms with Gasteiger partial charge in [-0.05, 0) is 105 Å². The minimum atomic E-state index is -3.14. The van der Waals surface area contributed by atoms with Gasteiger partial charge in [0, 0.05) is 36.3 Å². The molecule has 0 aromatic rings. The fourth-order valence-electron chi connectivity index (χ4n) is 4.06. The van der Waals surface area contributed by atoms with Gasteiger partial charge in [0.2, 0.25) is 0 Å². The molecule has 17 heteroatoms. The summed E-state index contributed by atoms with van der Waals surface area (Å²) in [5.41, 5.74) is 12.3. The molecule has 0 unspecified atom stereocenters. The summed E-state index contributed by atoms with van der Waals surface area (Å²) in [5, 5.41) is 0. The molecule has 0 aromatic heterocycles. The zero-order chi connectivity index (χ0) is 33.9. The van der Waals surface area contributed by atoms with Gasteiger partial charge in [-0.1, -0.05) is 13.2 Å². The van der Waals surface area contributed by atoms with E-state index >= 15 is 0 Å². The Morgan fingerprint density at radius 2 is 0.791 bits per heavy atom. The number of carbonyl (C=O) groups excluding carboxylic acids is 2. The van der Waals surface area contributed by atoms with Gasteiger partial charge in [0.25, 0.3) is 11.8 Å². The monoisotopic (exact) mass is 709 g/mol. The van der Waals surface area contributed by atoms with Gasteiger partial charge in [-0.15, -0.1) is 0 Å². The van der Waals surface area contributed by atoms with Crippen molar-refractivity contribution < 1.29 is 26.0 Å². The van der Waals surface area contributed by atoms with Crippen LogP contribution in [0, 0.1) is 0 Å². The van der Waals surface area contributed by atoms with Crippen LogP contribution in [0.2, 0.25) is 90.7 Å². The molecule has 0 aliphatic heterocycles. The van der Waals surface area contributed by atoms with Gasteiger partial charge in [-0.2, -0.15) is 0 Å². The minimum absolute atomic E-state index is 0.232. The van der Waals surface area contributed by atoms with Crippen molar-refractivity contribution >= 4 is 62.5 Å². The highest BCUT2D eigenvalue weighted by Gasteiger charge is 2.55. The summed E-state index contributed by atoms with van der Waals surface area (Å²) in [7, 11) is -14.8. The van der Waals surface area contributed by atoms with Crippen molar-refractivity contribution in [2.75, 3.05) is 13.1 Å². The Bertz CT molecular complexity index is 839. The molecule has 5 N–H and O–H groups in total. The third-order valence-corrected chi connectivity index (χ3v) is 25.2. The average molecular weight is 710 g/mol. The smallest absolute Gasteiger partial charge is 0.401 e. The first-order chi connectivity index (χ1) is 19.2. The van der Waals surface area contributed by atoms with Crippen LogP contribution in [-0.2, 0) is 26.0 Å². The van der Waals surface area contributed by atoms with Crippen molar-refractivity contribution in [1.82, 2.24) is 26.4 Å². The van der Waals surface area contributed by atoms with Crippen LogP contribution in [0.1, 0.15) is 26.7 Å². The molecule has 0 fully saturated rings. The summed E-state index contributed by atoms with van der Waals surface area (Å²) in [6, 6.07) is 1.31. The molecule has 0 saturated carbocycles. The van der Waals surface area contributed by atoms with Crippen LogP contribution in [0.15, 0.2) is 24.3 Å². The molecule has 2 amide bonds. The Morgan fingerprint density at radius 1 is 0.535 bits per heavy atom. The summed E-state index contributed by atoms with van der Waals surface area (Å²) in [5.74, 6) is -0.463. The number of hydrazine groups is 2. The Balaban J connectivity index is 6.55. The Kier molecular flexibility index (Phi) is 17.2. The van der Waals surface area contributed by atoms with Crippen molar-refractivity contribution in [1.29, 1.82) is 0 Å². The number of rotatable bonds is 22. The van der Waals surface area contributed by atoms with E-state index in [2.05, 4.69) is 118 Å². The molecule has 0 bridgehead atoms. The SMILES string of the molecule is C=C(C)C(=O)NNCCC[Si](N[Si](CCCNNC(=O)C(=C)C)(O[Si](C)(C)C)O[Si](C)(C)C)(O[Si](C)(C)C)O[Si](C)(C)C. The van der Waals surface area contributed by atoms with Crippen molar-refractivity contribution in [3.63, 3.8) is 0 Å². The largest absolute Gasteiger partial charge is 0.426 e. The summed E-state index contributed by atoms with van der Waals surface area (Å²) < 4.78 is 32.5. The number of hydrogen-bond acceptors (Lipinski definition) is 9. The average Bonchev–Trinajstić information content (AvgIpc) is 2.73. The predicted molar refractivity (Wildman–Crippen MR) is 193 cm³/mol. The summed E-state index contributed by atoms with van der Waals surface area (Å²) in [6.45, 7) is 38.1. The van der Waals surface area contributed by atoms with Crippen LogP contribution in [0.3, 0.4) is 0 Å². The van der Waals surface area contributed by atoms with E-state index in [-0.39, 0.29) is 11.8 Å². The highest BCUT2D eigenvalue weighted by molar-refractivity contribution is 6.96. The summed E-state index contributed by atoms with van der Waals surface area (Å²) >= 11 is 0. The molecule has 0 heterocycles.